The molecule has 0 atom stereocenters. The van der Waals surface area contributed by atoms with Crippen molar-refractivity contribution < 1.29 is 13.2 Å². The fraction of sp³-hybridized carbons (Fsp3) is 0.562. The highest BCUT2D eigenvalue weighted by Gasteiger charge is 2.40. The monoisotopic (exact) mass is 309 g/mol. The number of piperidine rings is 1. The third kappa shape index (κ3) is 3.71. The summed E-state index contributed by atoms with van der Waals surface area (Å²) >= 11 is 0. The van der Waals surface area contributed by atoms with Gasteiger partial charge in [0.2, 0.25) is 0 Å². The molecule has 1 heterocycles. The number of carbonyl (C=O) groups excluding carboxylic acids is 1. The summed E-state index contributed by atoms with van der Waals surface area (Å²) in [6.07, 6.45) is 1.59. The highest BCUT2D eigenvalue weighted by molar-refractivity contribution is 7.91. The molecule has 0 unspecified atom stereocenters. The van der Waals surface area contributed by atoms with E-state index in [9.17, 15) is 13.2 Å². The Bertz CT molecular complexity index is 575. The summed E-state index contributed by atoms with van der Waals surface area (Å²) in [5.74, 6) is 0.122. The number of hydrogen-bond acceptors (Lipinski definition) is 4. The Labute approximate surface area is 126 Å². The van der Waals surface area contributed by atoms with Crippen molar-refractivity contribution >= 4 is 15.6 Å². The van der Waals surface area contributed by atoms with E-state index in [1.54, 1.807) is 6.92 Å². The lowest BCUT2D eigenvalue weighted by Gasteiger charge is -2.37. The smallest absolute Gasteiger partial charge is 0.150 e. The van der Waals surface area contributed by atoms with E-state index < -0.39 is 15.3 Å². The first kappa shape index (κ1) is 16.2. The Hall–Kier alpha value is -1.20. The second-order valence-corrected chi connectivity index (χ2v) is 8.08. The van der Waals surface area contributed by atoms with Gasteiger partial charge in [-0.1, -0.05) is 37.3 Å². The minimum atomic E-state index is -3.10. The Morgan fingerprint density at radius 2 is 1.81 bits per heavy atom. The minimum absolute atomic E-state index is 0.0374. The average Bonchev–Trinajstić information content (AvgIpc) is 2.54. The largest absolute Gasteiger partial charge is 0.317 e. The summed E-state index contributed by atoms with van der Waals surface area (Å²) in [5.41, 5.74) is 0.501. The summed E-state index contributed by atoms with van der Waals surface area (Å²) in [6.45, 7) is 3.21. The van der Waals surface area contributed by atoms with E-state index in [1.165, 1.54) is 0 Å². The molecule has 0 aliphatic carbocycles. The summed E-state index contributed by atoms with van der Waals surface area (Å²) in [7, 11) is -3.10. The molecule has 1 N–H and O–H groups in total. The maximum atomic E-state index is 12.8. The summed E-state index contributed by atoms with van der Waals surface area (Å²) in [6, 6.07) is 9.78. The van der Waals surface area contributed by atoms with Gasteiger partial charge in [0, 0.05) is 12.2 Å². The highest BCUT2D eigenvalue weighted by Crippen LogP contribution is 2.35. The van der Waals surface area contributed by atoms with E-state index in [2.05, 4.69) is 5.32 Å². The Morgan fingerprint density at radius 3 is 2.38 bits per heavy atom. The maximum absolute atomic E-state index is 12.8. The SMILES string of the molecule is CCS(=O)(=O)CCC(=O)C1(c2ccccc2)CCNCC1. The van der Waals surface area contributed by atoms with Crippen molar-refractivity contribution in [2.45, 2.75) is 31.6 Å². The normalized spacial score (nSPS) is 18.3. The van der Waals surface area contributed by atoms with Gasteiger partial charge in [0.1, 0.15) is 15.6 Å². The van der Waals surface area contributed by atoms with Crippen molar-refractivity contribution in [3.05, 3.63) is 35.9 Å². The zero-order valence-corrected chi connectivity index (χ0v) is 13.3. The summed E-state index contributed by atoms with van der Waals surface area (Å²) < 4.78 is 23.3. The number of benzene rings is 1. The Morgan fingerprint density at radius 1 is 1.19 bits per heavy atom. The molecule has 0 spiro atoms. The lowest BCUT2D eigenvalue weighted by Crippen LogP contribution is -2.46. The van der Waals surface area contributed by atoms with Gasteiger partial charge in [-0.2, -0.15) is 0 Å². The van der Waals surface area contributed by atoms with Crippen LogP contribution in [0.5, 0.6) is 0 Å². The standard InChI is InChI=1S/C16H23NO3S/c1-2-21(19,20)13-8-15(18)16(9-11-17-12-10-16)14-6-4-3-5-7-14/h3-7,17H,2,8-13H2,1H3. The number of sulfone groups is 1. The fourth-order valence-corrected chi connectivity index (χ4v) is 3.76. The highest BCUT2D eigenvalue weighted by atomic mass is 32.2. The predicted octanol–water partition coefficient (Wildman–Crippen LogP) is 1.70. The van der Waals surface area contributed by atoms with Crippen LogP contribution in [0.4, 0.5) is 0 Å². The number of ketones is 1. The first-order valence-corrected chi connectivity index (χ1v) is 9.32. The molecule has 0 aromatic heterocycles. The van der Waals surface area contributed by atoms with Crippen molar-refractivity contribution in [3.8, 4) is 0 Å². The molecule has 2 rings (SSSR count). The van der Waals surface area contributed by atoms with Crippen LogP contribution < -0.4 is 5.32 Å². The fourth-order valence-electron chi connectivity index (χ4n) is 2.97. The van der Waals surface area contributed by atoms with E-state index >= 15 is 0 Å². The third-order valence-corrected chi connectivity index (χ3v) is 6.10. The van der Waals surface area contributed by atoms with Crippen molar-refractivity contribution in [2.75, 3.05) is 24.6 Å². The molecular formula is C16H23NO3S. The number of Topliss-reactive ketones (excluding diaryl/α,β-unsaturated/α-hetero) is 1. The molecule has 1 aromatic carbocycles. The number of rotatable bonds is 6. The zero-order chi connectivity index (χ0) is 15.3. The van der Waals surface area contributed by atoms with E-state index in [1.807, 2.05) is 30.3 Å². The molecule has 4 nitrogen and oxygen atoms in total. The molecule has 1 aliphatic rings. The predicted molar refractivity (Wildman–Crippen MR) is 84.2 cm³/mol. The topological polar surface area (TPSA) is 63.2 Å². The lowest BCUT2D eigenvalue weighted by molar-refractivity contribution is -0.125. The first-order valence-electron chi connectivity index (χ1n) is 7.50. The Balaban J connectivity index is 2.22. The van der Waals surface area contributed by atoms with Crippen molar-refractivity contribution in [1.82, 2.24) is 5.32 Å². The number of carbonyl (C=O) groups is 1. The van der Waals surface area contributed by atoms with Gasteiger partial charge in [-0.25, -0.2) is 8.42 Å². The molecule has 5 heteroatoms. The van der Waals surface area contributed by atoms with Crippen LogP contribution in [-0.4, -0.2) is 38.8 Å². The van der Waals surface area contributed by atoms with Crippen LogP contribution in [0, 0.1) is 0 Å². The van der Waals surface area contributed by atoms with Crippen molar-refractivity contribution in [2.24, 2.45) is 0 Å². The molecule has 0 radical (unpaired) electrons. The summed E-state index contributed by atoms with van der Waals surface area (Å²) in [4.78, 5) is 12.8. The molecule has 0 amide bonds. The van der Waals surface area contributed by atoms with Gasteiger partial charge in [-0.15, -0.1) is 0 Å². The molecule has 1 saturated heterocycles. The molecule has 1 aromatic rings. The quantitative estimate of drug-likeness (QED) is 0.869. The van der Waals surface area contributed by atoms with Gasteiger partial charge in [-0.3, -0.25) is 4.79 Å². The van der Waals surface area contributed by atoms with Crippen LogP contribution in [0.25, 0.3) is 0 Å². The van der Waals surface area contributed by atoms with E-state index in [-0.39, 0.29) is 23.7 Å². The number of hydrogen-bond donors (Lipinski definition) is 1. The minimum Gasteiger partial charge on any atom is -0.317 e. The molecule has 1 fully saturated rings. The van der Waals surface area contributed by atoms with Gasteiger partial charge in [0.15, 0.2) is 0 Å². The second-order valence-electron chi connectivity index (χ2n) is 5.61. The van der Waals surface area contributed by atoms with Crippen LogP contribution >= 0.6 is 0 Å². The molecule has 21 heavy (non-hydrogen) atoms. The molecular weight excluding hydrogens is 286 g/mol. The van der Waals surface area contributed by atoms with Gasteiger partial charge in [-0.05, 0) is 31.5 Å². The maximum Gasteiger partial charge on any atom is 0.150 e. The van der Waals surface area contributed by atoms with Crippen LogP contribution in [-0.2, 0) is 20.0 Å². The molecule has 0 saturated carbocycles. The lowest BCUT2D eigenvalue weighted by atomic mass is 9.69. The van der Waals surface area contributed by atoms with Gasteiger partial charge >= 0.3 is 0 Å². The third-order valence-electron chi connectivity index (χ3n) is 4.40. The van der Waals surface area contributed by atoms with Gasteiger partial charge < -0.3 is 5.32 Å². The van der Waals surface area contributed by atoms with Gasteiger partial charge in [0.05, 0.1) is 11.2 Å². The van der Waals surface area contributed by atoms with Crippen LogP contribution in [0.1, 0.15) is 31.7 Å². The molecule has 0 bridgehead atoms. The van der Waals surface area contributed by atoms with Crippen molar-refractivity contribution in [1.29, 1.82) is 0 Å². The van der Waals surface area contributed by atoms with E-state index in [4.69, 9.17) is 0 Å². The van der Waals surface area contributed by atoms with E-state index in [0.717, 1.165) is 31.5 Å². The van der Waals surface area contributed by atoms with Crippen LogP contribution in [0.2, 0.25) is 0 Å². The van der Waals surface area contributed by atoms with Crippen LogP contribution in [0.3, 0.4) is 0 Å². The second kappa shape index (κ2) is 6.71. The summed E-state index contributed by atoms with van der Waals surface area (Å²) in [5, 5.41) is 3.28. The van der Waals surface area contributed by atoms with E-state index in [0.29, 0.717) is 0 Å². The average molecular weight is 309 g/mol. The van der Waals surface area contributed by atoms with Crippen LogP contribution in [0.15, 0.2) is 30.3 Å². The zero-order valence-electron chi connectivity index (χ0n) is 12.5. The van der Waals surface area contributed by atoms with Crippen molar-refractivity contribution in [3.63, 3.8) is 0 Å². The number of nitrogens with one attached hydrogen (secondary N) is 1. The van der Waals surface area contributed by atoms with Gasteiger partial charge in [0.25, 0.3) is 0 Å². The first-order chi connectivity index (χ1) is 10.0. The molecule has 1 aliphatic heterocycles. The molecule has 116 valence electrons. The Kier molecular flexibility index (Phi) is 5.17.